The standard InChI is InChI=1S/C29H30N2O7S/c1-18-15-20(27(33)30-29(3,4)17-32)16-19(2)26(18)38-28(34)25-21-9-5-7-11-23(21)31(13-14-39(35,36)37)24-12-8-6-10-22(24)25/h5-12,15-16,32H,13-14,17H2,1-4H3,(H-,30,33,35,36,37)/p+1. The number of aliphatic hydroxyl groups excluding tert-OH is 1. The van der Waals surface area contributed by atoms with Crippen LogP contribution in [-0.2, 0) is 16.7 Å². The molecule has 204 valence electrons. The summed E-state index contributed by atoms with van der Waals surface area (Å²) in [6.07, 6.45) is 0. The number of hydrogen-bond donors (Lipinski definition) is 3. The predicted molar refractivity (Wildman–Crippen MR) is 148 cm³/mol. The molecule has 0 fully saturated rings. The molecule has 10 heteroatoms. The highest BCUT2D eigenvalue weighted by Gasteiger charge is 2.27. The van der Waals surface area contributed by atoms with Crippen LogP contribution in [0.15, 0.2) is 60.7 Å². The van der Waals surface area contributed by atoms with Crippen LogP contribution in [0.1, 0.15) is 45.7 Å². The van der Waals surface area contributed by atoms with Gasteiger partial charge in [-0.05, 0) is 63.1 Å². The van der Waals surface area contributed by atoms with Gasteiger partial charge in [0.05, 0.1) is 28.5 Å². The molecule has 0 spiro atoms. The molecule has 1 aromatic heterocycles. The van der Waals surface area contributed by atoms with Crippen LogP contribution in [0.2, 0.25) is 0 Å². The fourth-order valence-electron chi connectivity index (χ4n) is 4.59. The van der Waals surface area contributed by atoms with Crippen molar-refractivity contribution >= 4 is 43.8 Å². The Bertz CT molecular complexity index is 1630. The van der Waals surface area contributed by atoms with Crippen LogP contribution in [-0.4, -0.2) is 47.9 Å². The van der Waals surface area contributed by atoms with Gasteiger partial charge in [0.25, 0.3) is 16.0 Å². The Balaban J connectivity index is 1.78. The molecule has 0 saturated heterocycles. The molecular formula is C29H31N2O7S+. The van der Waals surface area contributed by atoms with E-state index in [1.54, 1.807) is 92.9 Å². The van der Waals surface area contributed by atoms with Crippen LogP contribution < -0.4 is 14.6 Å². The van der Waals surface area contributed by atoms with E-state index in [0.717, 1.165) is 0 Å². The molecule has 1 heterocycles. The number of nitrogens with zero attached hydrogens (tertiary/aromatic N) is 1. The topological polar surface area (TPSA) is 134 Å². The molecule has 4 aromatic rings. The fraction of sp³-hybridized carbons (Fsp3) is 0.276. The van der Waals surface area contributed by atoms with Crippen LogP contribution in [0.4, 0.5) is 0 Å². The van der Waals surface area contributed by atoms with Crippen LogP contribution in [0.3, 0.4) is 0 Å². The van der Waals surface area contributed by atoms with Crippen LogP contribution >= 0.6 is 0 Å². The molecule has 0 aliphatic heterocycles. The number of aryl methyl sites for hydroxylation is 3. The minimum Gasteiger partial charge on any atom is -0.422 e. The van der Waals surface area contributed by atoms with Gasteiger partial charge >= 0.3 is 5.97 Å². The average molecular weight is 552 g/mol. The third-order valence-electron chi connectivity index (χ3n) is 6.47. The van der Waals surface area contributed by atoms with Gasteiger partial charge in [-0.2, -0.15) is 13.0 Å². The normalized spacial score (nSPS) is 12.1. The molecule has 1 amide bonds. The van der Waals surface area contributed by atoms with Crippen molar-refractivity contribution in [3.8, 4) is 5.75 Å². The number of rotatable bonds is 8. The monoisotopic (exact) mass is 551 g/mol. The number of pyridine rings is 1. The average Bonchev–Trinajstić information content (AvgIpc) is 2.87. The summed E-state index contributed by atoms with van der Waals surface area (Å²) in [5, 5.41) is 13.4. The highest BCUT2D eigenvalue weighted by molar-refractivity contribution is 7.85. The molecule has 39 heavy (non-hydrogen) atoms. The highest BCUT2D eigenvalue weighted by Crippen LogP contribution is 2.30. The lowest BCUT2D eigenvalue weighted by molar-refractivity contribution is -0.640. The molecular weight excluding hydrogens is 520 g/mol. The van der Waals surface area contributed by atoms with Crippen molar-refractivity contribution in [1.82, 2.24) is 5.32 Å². The lowest BCUT2D eigenvalue weighted by Crippen LogP contribution is -2.46. The van der Waals surface area contributed by atoms with Gasteiger partial charge in [0.2, 0.25) is 11.0 Å². The number of esters is 1. The molecule has 0 bridgehead atoms. The van der Waals surface area contributed by atoms with Crippen LogP contribution in [0, 0.1) is 13.8 Å². The van der Waals surface area contributed by atoms with Crippen LogP contribution in [0.5, 0.6) is 5.75 Å². The first-order valence-corrected chi connectivity index (χ1v) is 14.0. The predicted octanol–water partition coefficient (Wildman–Crippen LogP) is 3.51. The van der Waals surface area contributed by atoms with Crippen LogP contribution in [0.25, 0.3) is 21.8 Å². The van der Waals surface area contributed by atoms with Crippen molar-refractivity contribution in [3.63, 3.8) is 0 Å². The van der Waals surface area contributed by atoms with E-state index in [1.807, 2.05) is 0 Å². The van der Waals surface area contributed by atoms with Gasteiger partial charge in [-0.15, -0.1) is 0 Å². The first kappa shape index (κ1) is 28.2. The molecule has 0 atom stereocenters. The lowest BCUT2D eigenvalue weighted by Gasteiger charge is -2.24. The van der Waals surface area contributed by atoms with Gasteiger partial charge in [0, 0.05) is 17.7 Å². The maximum absolute atomic E-state index is 13.7. The number of para-hydroxylation sites is 2. The van der Waals surface area contributed by atoms with E-state index in [0.29, 0.717) is 49.8 Å². The minimum absolute atomic E-state index is 0.00990. The minimum atomic E-state index is -4.21. The summed E-state index contributed by atoms with van der Waals surface area (Å²) in [6.45, 7) is 6.68. The van der Waals surface area contributed by atoms with Gasteiger partial charge in [-0.25, -0.2) is 4.79 Å². The summed E-state index contributed by atoms with van der Waals surface area (Å²) >= 11 is 0. The number of carbonyl (C=O) groups excluding carboxylic acids is 2. The van der Waals surface area contributed by atoms with E-state index >= 15 is 0 Å². The zero-order valence-corrected chi connectivity index (χ0v) is 23.0. The summed E-state index contributed by atoms with van der Waals surface area (Å²) in [5.74, 6) is -1.11. The number of aromatic nitrogens is 1. The van der Waals surface area contributed by atoms with Gasteiger partial charge in [-0.1, -0.05) is 24.3 Å². The van der Waals surface area contributed by atoms with Crippen molar-refractivity contribution in [1.29, 1.82) is 0 Å². The summed E-state index contributed by atoms with van der Waals surface area (Å²) in [6, 6.07) is 17.5. The zero-order valence-electron chi connectivity index (χ0n) is 22.2. The quantitative estimate of drug-likeness (QED) is 0.100. The van der Waals surface area contributed by atoms with E-state index in [-0.39, 0.29) is 19.1 Å². The second-order valence-corrected chi connectivity index (χ2v) is 11.7. The molecule has 0 aliphatic carbocycles. The molecule has 0 saturated carbocycles. The second kappa shape index (κ2) is 10.7. The maximum Gasteiger partial charge on any atom is 0.345 e. The Morgan fingerprint density at radius 3 is 1.95 bits per heavy atom. The number of carbonyl (C=O) groups is 2. The highest BCUT2D eigenvalue weighted by atomic mass is 32.2. The summed E-state index contributed by atoms with van der Waals surface area (Å²) in [7, 11) is -4.21. The third-order valence-corrected chi connectivity index (χ3v) is 7.17. The summed E-state index contributed by atoms with van der Waals surface area (Å²) < 4.78 is 40.0. The Morgan fingerprint density at radius 2 is 1.46 bits per heavy atom. The zero-order chi connectivity index (χ0) is 28.5. The van der Waals surface area contributed by atoms with Crippen molar-refractivity contribution in [2.24, 2.45) is 0 Å². The van der Waals surface area contributed by atoms with Gasteiger partial charge in [-0.3, -0.25) is 9.35 Å². The van der Waals surface area contributed by atoms with Crippen molar-refractivity contribution in [2.45, 2.75) is 39.8 Å². The molecule has 3 N–H and O–H groups in total. The first-order valence-electron chi connectivity index (χ1n) is 12.4. The molecule has 4 rings (SSSR count). The van der Waals surface area contributed by atoms with E-state index in [2.05, 4.69) is 5.32 Å². The van der Waals surface area contributed by atoms with Crippen molar-refractivity contribution < 1.29 is 37.0 Å². The number of hydrogen-bond acceptors (Lipinski definition) is 6. The number of ether oxygens (including phenoxy) is 1. The van der Waals surface area contributed by atoms with Gasteiger partial charge in [0.1, 0.15) is 11.5 Å². The maximum atomic E-state index is 13.7. The van der Waals surface area contributed by atoms with E-state index < -0.39 is 27.4 Å². The number of fused-ring (bicyclic) bond motifs is 2. The number of nitrogens with one attached hydrogen (secondary N) is 1. The second-order valence-electron chi connectivity index (χ2n) is 10.2. The lowest BCUT2D eigenvalue weighted by atomic mass is 10.0. The number of aliphatic hydroxyl groups is 1. The Morgan fingerprint density at radius 1 is 0.949 bits per heavy atom. The van der Waals surface area contributed by atoms with E-state index in [4.69, 9.17) is 4.74 Å². The SMILES string of the molecule is Cc1cc(C(=O)NC(C)(C)CO)cc(C)c1OC(=O)c1c2ccccc2[n+](CCS(=O)(=O)O)c2ccccc12. The number of amides is 1. The fourth-order valence-corrected chi connectivity index (χ4v) is 5.00. The smallest absolute Gasteiger partial charge is 0.345 e. The van der Waals surface area contributed by atoms with E-state index in [1.165, 1.54) is 0 Å². The molecule has 0 unspecified atom stereocenters. The van der Waals surface area contributed by atoms with E-state index in [9.17, 15) is 27.7 Å². The Kier molecular flexibility index (Phi) is 7.74. The molecule has 0 aliphatic rings. The largest absolute Gasteiger partial charge is 0.422 e. The van der Waals surface area contributed by atoms with Crippen molar-refractivity contribution in [2.75, 3.05) is 12.4 Å². The molecule has 9 nitrogen and oxygen atoms in total. The molecule has 0 radical (unpaired) electrons. The van der Waals surface area contributed by atoms with Gasteiger partial charge < -0.3 is 15.2 Å². The third kappa shape index (κ3) is 6.08. The Labute approximate surface area is 226 Å². The summed E-state index contributed by atoms with van der Waals surface area (Å²) in [5.41, 5.74) is 2.29. The number of benzene rings is 3. The summed E-state index contributed by atoms with van der Waals surface area (Å²) in [4.78, 5) is 26.5. The van der Waals surface area contributed by atoms with Crippen molar-refractivity contribution in [3.05, 3.63) is 82.9 Å². The Hall–Kier alpha value is -3.86. The first-order chi connectivity index (χ1) is 18.3. The molecule has 3 aromatic carbocycles. The van der Waals surface area contributed by atoms with Gasteiger partial charge in [0.15, 0.2) is 6.54 Å².